The number of aryl methyl sites for hydroxylation is 3. The average Bonchev–Trinajstić information content (AvgIpc) is 3.14. The van der Waals surface area contributed by atoms with Crippen molar-refractivity contribution in [3.05, 3.63) is 71.1 Å². The van der Waals surface area contributed by atoms with Gasteiger partial charge in [-0.2, -0.15) is 4.98 Å². The molecule has 1 N–H and O–H groups in total. The molecule has 0 atom stereocenters. The quantitative estimate of drug-likeness (QED) is 0.703. The van der Waals surface area contributed by atoms with E-state index in [2.05, 4.69) is 34.5 Å². The molecular weight excluding hydrogens is 326 g/mol. The fourth-order valence-electron chi connectivity index (χ4n) is 2.58. The molecule has 0 spiro atoms. The second kappa shape index (κ2) is 8.43. The van der Waals surface area contributed by atoms with Crippen LogP contribution in [0.1, 0.15) is 35.9 Å². The van der Waals surface area contributed by atoms with Crippen LogP contribution < -0.4 is 5.32 Å². The number of rotatable bonds is 7. The van der Waals surface area contributed by atoms with Crippen LogP contribution in [0.25, 0.3) is 11.4 Å². The molecule has 0 unspecified atom stereocenters. The van der Waals surface area contributed by atoms with Gasteiger partial charge in [-0.05, 0) is 24.5 Å². The molecule has 5 heteroatoms. The number of carbonyl (C=O) groups excluding carboxylic acids is 1. The lowest BCUT2D eigenvalue weighted by Crippen LogP contribution is -2.23. The molecule has 1 aromatic heterocycles. The summed E-state index contributed by atoms with van der Waals surface area (Å²) in [6.07, 6.45) is 1.77. The van der Waals surface area contributed by atoms with Crippen molar-refractivity contribution >= 4 is 5.91 Å². The summed E-state index contributed by atoms with van der Waals surface area (Å²) in [5.74, 6) is 0.999. The minimum Gasteiger partial charge on any atom is -0.352 e. The molecule has 2 aromatic carbocycles. The summed E-state index contributed by atoms with van der Waals surface area (Å²) in [7, 11) is 0. The van der Waals surface area contributed by atoms with Gasteiger partial charge in [0.05, 0.1) is 0 Å². The minimum absolute atomic E-state index is 0.0281. The van der Waals surface area contributed by atoms with Crippen LogP contribution in [0, 0.1) is 6.92 Å². The Hall–Kier alpha value is -2.95. The van der Waals surface area contributed by atoms with Gasteiger partial charge in [-0.25, -0.2) is 0 Å². The molecule has 26 heavy (non-hydrogen) atoms. The molecule has 0 bridgehead atoms. The zero-order valence-electron chi connectivity index (χ0n) is 15.2. The van der Waals surface area contributed by atoms with Crippen molar-refractivity contribution in [3.8, 4) is 11.4 Å². The molecule has 0 saturated heterocycles. The van der Waals surface area contributed by atoms with Crippen molar-refractivity contribution in [1.82, 2.24) is 15.5 Å². The van der Waals surface area contributed by atoms with Crippen LogP contribution >= 0.6 is 0 Å². The lowest BCUT2D eigenvalue weighted by molar-refractivity contribution is -0.121. The Morgan fingerprint density at radius 1 is 1.04 bits per heavy atom. The summed E-state index contributed by atoms with van der Waals surface area (Å²) >= 11 is 0. The number of nitrogens with zero attached hydrogens (tertiary/aromatic N) is 2. The first kappa shape index (κ1) is 17.9. The largest absolute Gasteiger partial charge is 0.352 e. The summed E-state index contributed by atoms with van der Waals surface area (Å²) < 4.78 is 5.25. The summed E-state index contributed by atoms with van der Waals surface area (Å²) in [6.45, 7) is 4.68. The van der Waals surface area contributed by atoms with Crippen LogP contribution in [0.4, 0.5) is 0 Å². The first-order valence-corrected chi connectivity index (χ1v) is 8.88. The normalized spacial score (nSPS) is 10.7. The highest BCUT2D eigenvalue weighted by Crippen LogP contribution is 2.16. The van der Waals surface area contributed by atoms with E-state index in [4.69, 9.17) is 4.52 Å². The molecule has 3 rings (SSSR count). The van der Waals surface area contributed by atoms with E-state index in [1.54, 1.807) is 0 Å². The maximum Gasteiger partial charge on any atom is 0.227 e. The Balaban J connectivity index is 1.47. The van der Waals surface area contributed by atoms with E-state index in [0.717, 1.165) is 17.5 Å². The number of carbonyl (C=O) groups is 1. The van der Waals surface area contributed by atoms with Crippen LogP contribution in [-0.4, -0.2) is 16.0 Å². The van der Waals surface area contributed by atoms with E-state index in [9.17, 15) is 4.79 Å². The van der Waals surface area contributed by atoms with E-state index in [1.807, 2.05) is 43.3 Å². The zero-order valence-corrected chi connectivity index (χ0v) is 15.2. The van der Waals surface area contributed by atoms with Gasteiger partial charge < -0.3 is 9.84 Å². The fraction of sp³-hybridized carbons (Fsp3) is 0.286. The van der Waals surface area contributed by atoms with E-state index in [1.165, 1.54) is 11.1 Å². The molecule has 0 fully saturated rings. The molecule has 3 aromatic rings. The highest BCUT2D eigenvalue weighted by atomic mass is 16.5. The minimum atomic E-state index is -0.0281. The maximum atomic E-state index is 12.0. The fourth-order valence-corrected chi connectivity index (χ4v) is 2.58. The van der Waals surface area contributed by atoms with E-state index >= 15 is 0 Å². The van der Waals surface area contributed by atoms with Gasteiger partial charge in [0.1, 0.15) is 0 Å². The van der Waals surface area contributed by atoms with E-state index in [0.29, 0.717) is 31.1 Å². The first-order valence-electron chi connectivity index (χ1n) is 8.88. The SMILES string of the molecule is CCc1ccc(CNC(=O)CCc2nc(-c3ccc(C)cc3)no2)cc1. The van der Waals surface area contributed by atoms with E-state index < -0.39 is 0 Å². The van der Waals surface area contributed by atoms with Crippen LogP contribution in [0.3, 0.4) is 0 Å². The van der Waals surface area contributed by atoms with Crippen molar-refractivity contribution < 1.29 is 9.32 Å². The monoisotopic (exact) mass is 349 g/mol. The van der Waals surface area contributed by atoms with Gasteiger partial charge in [-0.1, -0.05) is 66.2 Å². The Morgan fingerprint density at radius 3 is 2.42 bits per heavy atom. The van der Waals surface area contributed by atoms with E-state index in [-0.39, 0.29) is 5.91 Å². The average molecular weight is 349 g/mol. The standard InChI is InChI=1S/C21H23N3O2/c1-3-16-6-8-17(9-7-16)14-22-19(25)12-13-20-23-21(24-26-20)18-10-4-15(2)5-11-18/h4-11H,3,12-14H2,1-2H3,(H,22,25). The van der Waals surface area contributed by atoms with Crippen molar-refractivity contribution in [2.45, 2.75) is 39.7 Å². The van der Waals surface area contributed by atoms with Gasteiger partial charge in [0.15, 0.2) is 0 Å². The van der Waals surface area contributed by atoms with Gasteiger partial charge in [-0.15, -0.1) is 0 Å². The number of nitrogens with one attached hydrogen (secondary N) is 1. The van der Waals surface area contributed by atoms with Crippen molar-refractivity contribution in [3.63, 3.8) is 0 Å². The predicted octanol–water partition coefficient (Wildman–Crippen LogP) is 3.86. The van der Waals surface area contributed by atoms with Gasteiger partial charge in [0.2, 0.25) is 17.6 Å². The van der Waals surface area contributed by atoms with Gasteiger partial charge >= 0.3 is 0 Å². The van der Waals surface area contributed by atoms with Gasteiger partial charge in [0, 0.05) is 24.9 Å². The van der Waals surface area contributed by atoms with Crippen LogP contribution in [0.5, 0.6) is 0 Å². The molecule has 1 amide bonds. The maximum absolute atomic E-state index is 12.0. The van der Waals surface area contributed by atoms with Crippen molar-refractivity contribution in [2.75, 3.05) is 0 Å². The smallest absolute Gasteiger partial charge is 0.227 e. The Kier molecular flexibility index (Phi) is 5.79. The molecular formula is C21H23N3O2. The highest BCUT2D eigenvalue weighted by Gasteiger charge is 2.10. The second-order valence-electron chi connectivity index (χ2n) is 6.32. The molecule has 0 saturated carbocycles. The third-order valence-electron chi connectivity index (χ3n) is 4.26. The van der Waals surface area contributed by atoms with Gasteiger partial charge in [0.25, 0.3) is 0 Å². The number of aromatic nitrogens is 2. The Labute approximate surface area is 153 Å². The zero-order chi connectivity index (χ0) is 18.4. The van der Waals surface area contributed by atoms with Crippen LogP contribution in [0.15, 0.2) is 53.1 Å². The predicted molar refractivity (Wildman–Crippen MR) is 100 cm³/mol. The van der Waals surface area contributed by atoms with Gasteiger partial charge in [-0.3, -0.25) is 4.79 Å². The number of hydrogen-bond acceptors (Lipinski definition) is 4. The highest BCUT2D eigenvalue weighted by molar-refractivity contribution is 5.76. The third-order valence-corrected chi connectivity index (χ3v) is 4.26. The number of hydrogen-bond donors (Lipinski definition) is 1. The van der Waals surface area contributed by atoms with Crippen molar-refractivity contribution in [1.29, 1.82) is 0 Å². The lowest BCUT2D eigenvalue weighted by Gasteiger charge is -2.05. The molecule has 0 aliphatic carbocycles. The lowest BCUT2D eigenvalue weighted by atomic mass is 10.1. The second-order valence-corrected chi connectivity index (χ2v) is 6.32. The topological polar surface area (TPSA) is 68.0 Å². The summed E-state index contributed by atoms with van der Waals surface area (Å²) in [4.78, 5) is 16.4. The molecule has 0 radical (unpaired) electrons. The molecule has 0 aliphatic rings. The molecule has 0 aliphatic heterocycles. The third kappa shape index (κ3) is 4.79. The van der Waals surface area contributed by atoms with Crippen LogP contribution in [0.2, 0.25) is 0 Å². The number of benzene rings is 2. The summed E-state index contributed by atoms with van der Waals surface area (Å²) in [6, 6.07) is 16.2. The summed E-state index contributed by atoms with van der Waals surface area (Å²) in [5, 5.41) is 6.91. The van der Waals surface area contributed by atoms with Crippen LogP contribution in [-0.2, 0) is 24.2 Å². The Morgan fingerprint density at radius 2 is 1.73 bits per heavy atom. The molecule has 134 valence electrons. The number of amides is 1. The Bertz CT molecular complexity index is 852. The summed E-state index contributed by atoms with van der Waals surface area (Å²) in [5.41, 5.74) is 4.47. The first-order chi connectivity index (χ1) is 12.6. The van der Waals surface area contributed by atoms with Crippen molar-refractivity contribution in [2.24, 2.45) is 0 Å². The molecule has 1 heterocycles. The molecule has 5 nitrogen and oxygen atoms in total.